The van der Waals surface area contributed by atoms with Crippen molar-refractivity contribution < 1.29 is 9.18 Å². The number of benzene rings is 1. The Balaban J connectivity index is 1.32. The van der Waals surface area contributed by atoms with Crippen LogP contribution in [0.5, 0.6) is 0 Å². The van der Waals surface area contributed by atoms with Crippen molar-refractivity contribution in [3.05, 3.63) is 65.7 Å². The van der Waals surface area contributed by atoms with Crippen molar-refractivity contribution in [2.45, 2.75) is 19.8 Å². The van der Waals surface area contributed by atoms with Crippen LogP contribution in [-0.4, -0.2) is 36.0 Å². The number of halogens is 1. The number of rotatable bonds is 5. The number of pyridine rings is 2. The summed E-state index contributed by atoms with van der Waals surface area (Å²) in [6.45, 7) is 2.06. The molecule has 6 aromatic rings. The molecule has 0 aliphatic heterocycles. The Bertz CT molecular complexity index is 1830. The molecule has 1 saturated carbocycles. The summed E-state index contributed by atoms with van der Waals surface area (Å²) in [7, 11) is 0. The predicted molar refractivity (Wildman–Crippen MR) is 142 cm³/mol. The van der Waals surface area contributed by atoms with Gasteiger partial charge in [0.05, 0.1) is 28.3 Å². The zero-order chi connectivity index (χ0) is 25.1. The highest BCUT2D eigenvalue weighted by atomic mass is 32.1. The number of nitrogens with one attached hydrogen (secondary N) is 3. The van der Waals surface area contributed by atoms with Crippen LogP contribution in [0, 0.1) is 18.7 Å². The zero-order valence-electron chi connectivity index (χ0n) is 19.7. The highest BCUT2D eigenvalue weighted by Crippen LogP contribution is 2.37. The van der Waals surface area contributed by atoms with Gasteiger partial charge in [-0.25, -0.2) is 14.4 Å². The van der Waals surface area contributed by atoms with E-state index in [9.17, 15) is 4.79 Å². The van der Waals surface area contributed by atoms with Gasteiger partial charge >= 0.3 is 0 Å². The number of anilines is 1. The van der Waals surface area contributed by atoms with Crippen molar-refractivity contribution in [1.82, 2.24) is 30.1 Å². The van der Waals surface area contributed by atoms with Crippen LogP contribution in [0.3, 0.4) is 0 Å². The monoisotopic (exact) mass is 509 g/mol. The van der Waals surface area contributed by atoms with E-state index in [1.165, 1.54) is 4.88 Å². The minimum Gasteiger partial charge on any atom is -0.335 e. The Kier molecular flexibility index (Phi) is 4.90. The molecule has 1 fully saturated rings. The van der Waals surface area contributed by atoms with Crippen molar-refractivity contribution in [3.8, 4) is 33.1 Å². The van der Waals surface area contributed by atoms with Gasteiger partial charge < -0.3 is 10.3 Å². The van der Waals surface area contributed by atoms with Crippen molar-refractivity contribution in [2.75, 3.05) is 5.32 Å². The van der Waals surface area contributed by atoms with E-state index in [0.717, 1.165) is 28.8 Å². The standard InChI is InChI=1S/C27H20FN7OS/c1-13-2-7-20(37-13)18-8-9-30-25-23(18)32-26(33-25)24-21-19(34-35-24)6-5-17(22(21)28)15-10-16(12-29-11-15)31-27(36)14-3-4-14/h2,5-12,14H,3-4H2,1H3,(H,31,36)(H,34,35)(H,30,32,33). The second-order valence-electron chi connectivity index (χ2n) is 9.20. The van der Waals surface area contributed by atoms with Crippen LogP contribution in [-0.2, 0) is 4.79 Å². The quantitative estimate of drug-likeness (QED) is 0.260. The summed E-state index contributed by atoms with van der Waals surface area (Å²) < 4.78 is 16.0. The number of aromatic nitrogens is 6. The third kappa shape index (κ3) is 3.77. The molecule has 0 atom stereocenters. The number of imidazole rings is 1. The SMILES string of the molecule is Cc1ccc(-c2ccnc3nc(-c4n[nH]c5ccc(-c6cncc(NC(=O)C7CC7)c6)c(F)c45)[nH]c23)s1. The van der Waals surface area contributed by atoms with Crippen LogP contribution in [0.1, 0.15) is 17.7 Å². The predicted octanol–water partition coefficient (Wildman–Crippen LogP) is 6.09. The minimum absolute atomic E-state index is 0.0254. The molecule has 0 radical (unpaired) electrons. The molecule has 5 heterocycles. The van der Waals surface area contributed by atoms with Gasteiger partial charge in [0, 0.05) is 44.8 Å². The largest absolute Gasteiger partial charge is 0.335 e. The fourth-order valence-corrected chi connectivity index (χ4v) is 5.42. The maximum atomic E-state index is 16.0. The smallest absolute Gasteiger partial charge is 0.227 e. The highest BCUT2D eigenvalue weighted by molar-refractivity contribution is 7.15. The van der Waals surface area contributed by atoms with Gasteiger partial charge in [-0.05, 0) is 56.2 Å². The number of nitrogens with zero attached hydrogens (tertiary/aromatic N) is 4. The molecular weight excluding hydrogens is 489 g/mol. The highest BCUT2D eigenvalue weighted by Gasteiger charge is 2.29. The summed E-state index contributed by atoms with van der Waals surface area (Å²) in [6, 6.07) is 11.3. The molecule has 0 saturated heterocycles. The van der Waals surface area contributed by atoms with Crippen LogP contribution in [0.2, 0.25) is 0 Å². The van der Waals surface area contributed by atoms with Gasteiger partial charge in [-0.1, -0.05) is 0 Å². The van der Waals surface area contributed by atoms with E-state index >= 15 is 4.39 Å². The number of hydrogen-bond acceptors (Lipinski definition) is 6. The van der Waals surface area contributed by atoms with Crippen LogP contribution in [0.25, 0.3) is 55.2 Å². The third-order valence-electron chi connectivity index (χ3n) is 6.55. The molecule has 182 valence electrons. The van der Waals surface area contributed by atoms with Crippen molar-refractivity contribution in [3.63, 3.8) is 0 Å². The molecule has 1 amide bonds. The maximum absolute atomic E-state index is 16.0. The number of thiophene rings is 1. The Morgan fingerprint density at radius 3 is 2.84 bits per heavy atom. The molecule has 7 rings (SSSR count). The maximum Gasteiger partial charge on any atom is 0.227 e. The molecule has 0 spiro atoms. The Morgan fingerprint density at radius 1 is 1.14 bits per heavy atom. The Labute approximate surface area is 214 Å². The lowest BCUT2D eigenvalue weighted by molar-refractivity contribution is -0.117. The number of carbonyl (C=O) groups excluding carboxylic acids is 1. The number of amides is 1. The van der Waals surface area contributed by atoms with Gasteiger partial charge in [0.1, 0.15) is 11.5 Å². The average Bonchev–Trinajstić information content (AvgIpc) is 3.29. The van der Waals surface area contributed by atoms with Crippen LogP contribution >= 0.6 is 11.3 Å². The minimum atomic E-state index is -0.448. The van der Waals surface area contributed by atoms with Crippen molar-refractivity contribution >= 4 is 45.0 Å². The van der Waals surface area contributed by atoms with Gasteiger partial charge in [-0.3, -0.25) is 14.9 Å². The lowest BCUT2D eigenvalue weighted by atomic mass is 10.0. The third-order valence-corrected chi connectivity index (χ3v) is 7.59. The van der Waals surface area contributed by atoms with Gasteiger partial charge in [0.25, 0.3) is 0 Å². The molecule has 37 heavy (non-hydrogen) atoms. The molecule has 5 aromatic heterocycles. The fraction of sp³-hybridized carbons (Fsp3) is 0.148. The molecular formula is C27H20FN7OS. The first-order valence-electron chi connectivity index (χ1n) is 11.9. The van der Waals surface area contributed by atoms with E-state index in [4.69, 9.17) is 0 Å². The van der Waals surface area contributed by atoms with Gasteiger partial charge in [-0.15, -0.1) is 11.3 Å². The van der Waals surface area contributed by atoms with Gasteiger partial charge in [-0.2, -0.15) is 5.10 Å². The van der Waals surface area contributed by atoms with E-state index in [0.29, 0.717) is 44.9 Å². The normalized spacial score (nSPS) is 13.5. The van der Waals surface area contributed by atoms with E-state index in [1.807, 2.05) is 6.07 Å². The molecule has 1 aliphatic carbocycles. The first-order chi connectivity index (χ1) is 18.0. The zero-order valence-corrected chi connectivity index (χ0v) is 20.5. The molecule has 1 aliphatic rings. The number of fused-ring (bicyclic) bond motifs is 2. The number of aryl methyl sites for hydroxylation is 1. The van der Waals surface area contributed by atoms with Crippen LogP contribution in [0.15, 0.2) is 55.0 Å². The Hall–Kier alpha value is -4.44. The number of H-pyrrole nitrogens is 2. The van der Waals surface area contributed by atoms with E-state index < -0.39 is 5.82 Å². The number of carbonyl (C=O) groups is 1. The summed E-state index contributed by atoms with van der Waals surface area (Å²) >= 11 is 1.69. The van der Waals surface area contributed by atoms with Gasteiger partial charge in [0.15, 0.2) is 11.5 Å². The first-order valence-corrected chi connectivity index (χ1v) is 12.7. The van der Waals surface area contributed by atoms with Crippen LogP contribution < -0.4 is 5.32 Å². The first kappa shape index (κ1) is 21.8. The average molecular weight is 510 g/mol. The second-order valence-corrected chi connectivity index (χ2v) is 10.5. The topological polar surface area (TPSA) is 112 Å². The number of hydrogen-bond donors (Lipinski definition) is 3. The summed E-state index contributed by atoms with van der Waals surface area (Å²) in [5, 5.41) is 10.5. The van der Waals surface area contributed by atoms with Crippen LogP contribution in [0.4, 0.5) is 10.1 Å². The molecule has 0 bridgehead atoms. The molecule has 8 nitrogen and oxygen atoms in total. The summed E-state index contributed by atoms with van der Waals surface area (Å²) in [6.07, 6.45) is 6.67. The van der Waals surface area contributed by atoms with E-state index in [2.05, 4.69) is 54.5 Å². The molecule has 3 N–H and O–H groups in total. The molecule has 0 unspecified atom stereocenters. The lowest BCUT2D eigenvalue weighted by Crippen LogP contribution is -2.13. The summed E-state index contributed by atoms with van der Waals surface area (Å²) in [5.41, 5.74) is 4.66. The number of aromatic amines is 2. The van der Waals surface area contributed by atoms with E-state index in [-0.39, 0.29) is 11.8 Å². The van der Waals surface area contributed by atoms with Crippen molar-refractivity contribution in [2.24, 2.45) is 5.92 Å². The Morgan fingerprint density at radius 2 is 2.03 bits per heavy atom. The second kappa shape index (κ2) is 8.31. The summed E-state index contributed by atoms with van der Waals surface area (Å²) in [4.78, 5) is 31.1. The van der Waals surface area contributed by atoms with Crippen molar-refractivity contribution in [1.29, 1.82) is 0 Å². The fourth-order valence-electron chi connectivity index (χ4n) is 4.52. The molecule has 10 heteroatoms. The molecule has 1 aromatic carbocycles. The van der Waals surface area contributed by atoms with E-state index in [1.54, 1.807) is 48.1 Å². The lowest BCUT2D eigenvalue weighted by Gasteiger charge is -2.08. The van der Waals surface area contributed by atoms with Gasteiger partial charge in [0.2, 0.25) is 5.91 Å². The summed E-state index contributed by atoms with van der Waals surface area (Å²) in [5.74, 6) is 0.0146.